The van der Waals surface area contributed by atoms with Crippen LogP contribution in [0, 0.1) is 5.41 Å². The number of ketones is 1. The van der Waals surface area contributed by atoms with Gasteiger partial charge in [-0.1, -0.05) is 56.3 Å². The van der Waals surface area contributed by atoms with E-state index in [4.69, 9.17) is 9.16 Å². The Morgan fingerprint density at radius 1 is 0.985 bits per heavy atom. The molecule has 1 saturated carbocycles. The minimum atomic E-state index is -2.16. The van der Waals surface area contributed by atoms with E-state index in [1.165, 1.54) is 28.2 Å². The molecule has 2 aromatic carbocycles. The SMILES string of the molecule is CN(CCCn1nnc2cc(CCC[C@H](O[Si](C)(C)C(C)(C)C)c3ccc(O)c4c3C=CC(=O)C4)ccc21)C(=O)CCN1CCC2(CC1)CC(OC(=O)C(O)(c1cccs1)c1cccs1)C2. The van der Waals surface area contributed by atoms with Crippen molar-refractivity contribution in [2.45, 2.75) is 127 Å². The highest BCUT2D eigenvalue weighted by molar-refractivity contribution is 7.12. The first-order valence-corrected chi connectivity index (χ1v) is 28.1. The quantitative estimate of drug-likeness (QED) is 0.0643. The third-order valence-electron chi connectivity index (χ3n) is 14.7. The number of ether oxygens (including phenoxy) is 1. The molecule has 1 spiro atoms. The van der Waals surface area contributed by atoms with Crippen molar-refractivity contribution < 1.29 is 33.8 Å². The van der Waals surface area contributed by atoms with Gasteiger partial charge >= 0.3 is 5.97 Å². The number of carbonyl (C=O) groups excluding carboxylic acids is 3. The van der Waals surface area contributed by atoms with E-state index < -0.39 is 19.9 Å². The molecule has 1 saturated heterocycles. The van der Waals surface area contributed by atoms with Gasteiger partial charge in [-0.3, -0.25) is 9.59 Å². The molecule has 12 nitrogen and oxygen atoms in total. The monoisotopic (exact) mass is 951 g/mol. The zero-order valence-corrected chi connectivity index (χ0v) is 41.9. The highest BCUT2D eigenvalue weighted by Gasteiger charge is 2.51. The summed E-state index contributed by atoms with van der Waals surface area (Å²) < 4.78 is 14.9. The van der Waals surface area contributed by atoms with Crippen molar-refractivity contribution >= 4 is 65.8 Å². The van der Waals surface area contributed by atoms with Gasteiger partial charge in [0.05, 0.1) is 21.4 Å². The first-order valence-electron chi connectivity index (χ1n) is 23.5. The number of amides is 1. The maximum absolute atomic E-state index is 13.4. The highest BCUT2D eigenvalue weighted by Crippen LogP contribution is 2.51. The Morgan fingerprint density at radius 3 is 2.36 bits per heavy atom. The molecule has 1 aliphatic heterocycles. The predicted molar refractivity (Wildman–Crippen MR) is 263 cm³/mol. The van der Waals surface area contributed by atoms with E-state index in [2.05, 4.69) is 67.3 Å². The molecule has 5 aromatic rings. The molecule has 8 rings (SSSR count). The second-order valence-electron chi connectivity index (χ2n) is 20.3. The number of aromatic hydroxyl groups is 1. The third kappa shape index (κ3) is 10.3. The Morgan fingerprint density at radius 2 is 1.70 bits per heavy atom. The van der Waals surface area contributed by atoms with E-state index in [0.29, 0.717) is 34.8 Å². The summed E-state index contributed by atoms with van der Waals surface area (Å²) in [6.45, 7) is 15.1. The largest absolute Gasteiger partial charge is 0.508 e. The topological polar surface area (TPSA) is 147 Å². The lowest BCUT2D eigenvalue weighted by Gasteiger charge is -2.51. The molecule has 15 heteroatoms. The minimum absolute atomic E-state index is 0.00840. The standard InChI is InChI=1S/C51H65N5O7S2Si/c1-49(2,3)66(5,6)63-44(39-18-20-43(58)40-32-36(57)16-17-38(39)40)12-7-11-35-15-19-42-41(31-35)52-53-56(42)25-10-24-54(4)47(59)21-26-55-27-22-50(23-28-55)33-37(34-50)62-48(60)51(61,45-13-8-29-64-45)46-14-9-30-65-46/h8-9,13-20,29-31,37,44,58,61H,7,10-12,21-28,32-34H2,1-6H3/t44-/m0/s1. The van der Waals surface area contributed by atoms with Crippen LogP contribution in [0.1, 0.15) is 110 Å². The third-order valence-corrected chi connectivity index (χ3v) is 21.2. The molecular formula is C51H65N5O7S2Si. The van der Waals surface area contributed by atoms with E-state index >= 15 is 0 Å². The van der Waals surface area contributed by atoms with Crippen LogP contribution in [0.3, 0.4) is 0 Å². The lowest BCUT2D eigenvalue weighted by Crippen LogP contribution is -2.52. The average molecular weight is 952 g/mol. The van der Waals surface area contributed by atoms with Crippen LogP contribution in [0.4, 0.5) is 0 Å². The maximum Gasteiger partial charge on any atom is 0.349 e. The van der Waals surface area contributed by atoms with Gasteiger partial charge < -0.3 is 29.2 Å². The molecule has 0 bridgehead atoms. The number of benzene rings is 2. The van der Waals surface area contributed by atoms with Crippen molar-refractivity contribution in [2.24, 2.45) is 5.41 Å². The average Bonchev–Trinajstić information content (AvgIpc) is 4.09. The molecule has 2 N–H and O–H groups in total. The molecule has 3 aromatic heterocycles. The summed E-state index contributed by atoms with van der Waals surface area (Å²) in [5, 5.41) is 34.9. The number of phenolic OH excluding ortho intramolecular Hbond substituents is 1. The molecule has 2 aliphatic carbocycles. The Kier molecular flexibility index (Phi) is 14.2. The number of aromatic nitrogens is 3. The molecular weight excluding hydrogens is 887 g/mol. The van der Waals surface area contributed by atoms with Crippen LogP contribution in [-0.4, -0.2) is 100 Å². The number of allylic oxidation sites excluding steroid dienone is 1. The van der Waals surface area contributed by atoms with Gasteiger partial charge in [0.15, 0.2) is 14.1 Å². The Bertz CT molecular complexity index is 2500. The summed E-state index contributed by atoms with van der Waals surface area (Å²) in [5.74, 6) is -0.312. The summed E-state index contributed by atoms with van der Waals surface area (Å²) in [7, 11) is -0.283. The number of aliphatic hydroxyl groups is 1. The molecule has 3 aliphatic rings. The first kappa shape index (κ1) is 48.0. The van der Waals surface area contributed by atoms with E-state index in [0.717, 1.165) is 93.2 Å². The van der Waals surface area contributed by atoms with Gasteiger partial charge in [0.1, 0.15) is 17.4 Å². The molecule has 1 atom stereocenters. The van der Waals surface area contributed by atoms with Gasteiger partial charge in [-0.15, -0.1) is 27.8 Å². The first-order chi connectivity index (χ1) is 31.4. The van der Waals surface area contributed by atoms with Crippen molar-refractivity contribution in [1.29, 1.82) is 0 Å². The van der Waals surface area contributed by atoms with Crippen LogP contribution in [0.5, 0.6) is 5.75 Å². The van der Waals surface area contributed by atoms with Gasteiger partial charge in [-0.05, 0) is 152 Å². The molecule has 2 fully saturated rings. The molecule has 66 heavy (non-hydrogen) atoms. The molecule has 0 unspecified atom stereocenters. The van der Waals surface area contributed by atoms with Gasteiger partial charge in [0, 0.05) is 45.1 Å². The van der Waals surface area contributed by atoms with E-state index in [1.54, 1.807) is 24.3 Å². The number of rotatable bonds is 18. The van der Waals surface area contributed by atoms with E-state index in [9.17, 15) is 24.6 Å². The van der Waals surface area contributed by atoms with Crippen LogP contribution in [0.15, 0.2) is 71.4 Å². The highest BCUT2D eigenvalue weighted by atomic mass is 32.1. The zero-order valence-electron chi connectivity index (χ0n) is 39.3. The fraction of sp³-hybridized carbons (Fsp3) is 0.510. The smallest absolute Gasteiger partial charge is 0.349 e. The number of piperidine rings is 1. The molecule has 4 heterocycles. The fourth-order valence-electron chi connectivity index (χ4n) is 9.59. The van der Waals surface area contributed by atoms with Crippen LogP contribution >= 0.6 is 22.7 Å². The van der Waals surface area contributed by atoms with Crippen LogP contribution in [0.2, 0.25) is 18.1 Å². The van der Waals surface area contributed by atoms with Crippen molar-refractivity contribution in [3.8, 4) is 5.75 Å². The fourth-order valence-corrected chi connectivity index (χ4v) is 12.6. The van der Waals surface area contributed by atoms with Gasteiger partial charge in [0.25, 0.3) is 0 Å². The number of esters is 1. The lowest BCUT2D eigenvalue weighted by atomic mass is 9.61. The number of fused-ring (bicyclic) bond motifs is 2. The Balaban J connectivity index is 0.765. The summed E-state index contributed by atoms with van der Waals surface area (Å²) in [6, 6.07) is 17.3. The molecule has 352 valence electrons. The Labute approximate surface area is 397 Å². The van der Waals surface area contributed by atoms with Gasteiger partial charge in [-0.2, -0.15) is 0 Å². The predicted octanol–water partition coefficient (Wildman–Crippen LogP) is 9.45. The minimum Gasteiger partial charge on any atom is -0.508 e. The maximum atomic E-state index is 13.4. The van der Waals surface area contributed by atoms with Crippen molar-refractivity contribution in [1.82, 2.24) is 24.8 Å². The number of thiophene rings is 2. The second kappa shape index (κ2) is 19.6. The summed E-state index contributed by atoms with van der Waals surface area (Å²) in [5.41, 5.74) is 4.00. The van der Waals surface area contributed by atoms with Gasteiger partial charge in [0.2, 0.25) is 11.5 Å². The van der Waals surface area contributed by atoms with Crippen LogP contribution < -0.4 is 0 Å². The second-order valence-corrected chi connectivity index (χ2v) is 27.0. The number of likely N-dealkylation sites (tertiary alicyclic amines) is 1. The lowest BCUT2D eigenvalue weighted by molar-refractivity contribution is -0.181. The number of hydrogen-bond acceptors (Lipinski definition) is 12. The number of carbonyl (C=O) groups is 3. The van der Waals surface area contributed by atoms with Crippen LogP contribution in [0.25, 0.3) is 17.1 Å². The Hall–Kier alpha value is -4.51. The van der Waals surface area contributed by atoms with E-state index in [1.807, 2.05) is 51.7 Å². The van der Waals surface area contributed by atoms with E-state index in [-0.39, 0.29) is 46.5 Å². The van der Waals surface area contributed by atoms with Crippen molar-refractivity contribution in [3.05, 3.63) is 103 Å². The summed E-state index contributed by atoms with van der Waals surface area (Å²) in [4.78, 5) is 44.2. The number of hydrogen-bond donors (Lipinski definition) is 2. The number of nitrogens with zero attached hydrogens (tertiary/aromatic N) is 5. The van der Waals surface area contributed by atoms with Crippen molar-refractivity contribution in [2.75, 3.05) is 33.2 Å². The van der Waals surface area contributed by atoms with Crippen molar-refractivity contribution in [3.63, 3.8) is 0 Å². The zero-order chi connectivity index (χ0) is 46.9. The summed E-state index contributed by atoms with van der Waals surface area (Å²) in [6.07, 6.45) is 10.7. The number of phenols is 1. The van der Waals surface area contributed by atoms with Crippen LogP contribution in [-0.2, 0) is 48.5 Å². The number of aryl methyl sites for hydroxylation is 2. The molecule has 0 radical (unpaired) electrons. The molecule has 1 amide bonds. The summed E-state index contributed by atoms with van der Waals surface area (Å²) >= 11 is 2.71. The normalized spacial score (nSPS) is 17.2. The van der Waals surface area contributed by atoms with Gasteiger partial charge in [-0.25, -0.2) is 9.48 Å².